The fourth-order valence-electron chi connectivity index (χ4n) is 1.55. The third-order valence-corrected chi connectivity index (χ3v) is 4.04. The fraction of sp³-hybridized carbons (Fsp3) is 0.300. The van der Waals surface area contributed by atoms with Gasteiger partial charge in [0.15, 0.2) is 0 Å². The highest BCUT2D eigenvalue weighted by Crippen LogP contribution is 2.16. The number of H-pyrrole nitrogens is 1. The summed E-state index contributed by atoms with van der Waals surface area (Å²) in [5.41, 5.74) is 0.713. The molecule has 9 nitrogen and oxygen atoms in total. The standard InChI is InChI=1S/C10H14N6O3S/c1-7-9(4-12-14-7)20(18,19)15-8-3-13-16(5-8)6-10(17)11-2/h3-5,15H,6H2,1-2H3,(H,11,17)(H,12,14). The van der Waals surface area contributed by atoms with Crippen LogP contribution in [-0.4, -0.2) is 41.4 Å². The van der Waals surface area contributed by atoms with Gasteiger partial charge >= 0.3 is 0 Å². The summed E-state index contributed by atoms with van der Waals surface area (Å²) >= 11 is 0. The van der Waals surface area contributed by atoms with E-state index in [-0.39, 0.29) is 23.0 Å². The summed E-state index contributed by atoms with van der Waals surface area (Å²) in [5, 5.41) is 12.6. The Balaban J connectivity index is 2.15. The third-order valence-electron chi connectivity index (χ3n) is 2.54. The van der Waals surface area contributed by atoms with Gasteiger partial charge in [-0.3, -0.25) is 19.3 Å². The number of aromatic nitrogens is 4. The SMILES string of the molecule is CNC(=O)Cn1cc(NS(=O)(=O)c2cn[nH]c2C)cn1. The molecule has 0 aliphatic heterocycles. The number of hydrogen-bond acceptors (Lipinski definition) is 5. The second-order valence-corrected chi connectivity index (χ2v) is 5.72. The van der Waals surface area contributed by atoms with E-state index in [9.17, 15) is 13.2 Å². The van der Waals surface area contributed by atoms with Crippen LogP contribution in [0.5, 0.6) is 0 Å². The van der Waals surface area contributed by atoms with Crippen LogP contribution in [0.2, 0.25) is 0 Å². The molecule has 0 aromatic carbocycles. The van der Waals surface area contributed by atoms with Crippen LogP contribution >= 0.6 is 0 Å². The average molecular weight is 298 g/mol. The number of carbonyl (C=O) groups is 1. The number of likely N-dealkylation sites (N-methyl/N-ethyl adjacent to an activating group) is 1. The molecule has 0 radical (unpaired) electrons. The lowest BCUT2D eigenvalue weighted by Crippen LogP contribution is -2.23. The van der Waals surface area contributed by atoms with Gasteiger partial charge in [-0.05, 0) is 6.92 Å². The van der Waals surface area contributed by atoms with Gasteiger partial charge in [-0.25, -0.2) is 8.42 Å². The number of hydrogen-bond donors (Lipinski definition) is 3. The van der Waals surface area contributed by atoms with E-state index in [1.807, 2.05) is 0 Å². The zero-order valence-electron chi connectivity index (χ0n) is 10.9. The molecule has 0 unspecified atom stereocenters. The minimum absolute atomic E-state index is 0.0168. The van der Waals surface area contributed by atoms with Gasteiger partial charge in [-0.15, -0.1) is 0 Å². The molecule has 0 saturated carbocycles. The summed E-state index contributed by atoms with van der Waals surface area (Å²) in [7, 11) is -2.21. The predicted octanol–water partition coefficient (Wildman–Crippen LogP) is -0.539. The molecule has 2 rings (SSSR count). The van der Waals surface area contributed by atoms with Crippen LogP contribution in [0.15, 0.2) is 23.5 Å². The van der Waals surface area contributed by atoms with Crippen LogP contribution in [0.25, 0.3) is 0 Å². The minimum Gasteiger partial charge on any atom is -0.358 e. The first kappa shape index (κ1) is 14.1. The molecule has 1 amide bonds. The zero-order chi connectivity index (χ0) is 14.8. The molecule has 10 heteroatoms. The molecule has 108 valence electrons. The Morgan fingerprint density at radius 3 is 2.80 bits per heavy atom. The molecule has 0 fully saturated rings. The van der Waals surface area contributed by atoms with Gasteiger partial charge in [0, 0.05) is 13.2 Å². The second kappa shape index (κ2) is 5.33. The quantitative estimate of drug-likeness (QED) is 0.684. The molecule has 0 aliphatic rings. The number of amides is 1. The Bertz CT molecular complexity index is 717. The number of nitrogens with one attached hydrogen (secondary N) is 3. The molecule has 0 saturated heterocycles. The zero-order valence-corrected chi connectivity index (χ0v) is 11.7. The monoisotopic (exact) mass is 298 g/mol. The van der Waals surface area contributed by atoms with E-state index in [0.29, 0.717) is 5.69 Å². The first-order chi connectivity index (χ1) is 9.42. The van der Waals surface area contributed by atoms with Crippen molar-refractivity contribution in [2.24, 2.45) is 0 Å². The van der Waals surface area contributed by atoms with Crippen LogP contribution in [0.1, 0.15) is 5.69 Å². The first-order valence-corrected chi connectivity index (χ1v) is 7.16. The molecule has 3 N–H and O–H groups in total. The maximum absolute atomic E-state index is 12.1. The van der Waals surface area contributed by atoms with E-state index in [1.165, 1.54) is 30.3 Å². The average Bonchev–Trinajstić information content (AvgIpc) is 2.98. The van der Waals surface area contributed by atoms with E-state index < -0.39 is 10.0 Å². The van der Waals surface area contributed by atoms with Crippen LogP contribution in [0, 0.1) is 6.92 Å². The highest BCUT2D eigenvalue weighted by molar-refractivity contribution is 7.92. The maximum Gasteiger partial charge on any atom is 0.265 e. The highest BCUT2D eigenvalue weighted by Gasteiger charge is 2.19. The number of carbonyl (C=O) groups excluding carboxylic acids is 1. The van der Waals surface area contributed by atoms with E-state index in [1.54, 1.807) is 6.92 Å². The predicted molar refractivity (Wildman–Crippen MR) is 70.4 cm³/mol. The summed E-state index contributed by atoms with van der Waals surface area (Å²) in [5.74, 6) is -0.229. The van der Waals surface area contributed by atoms with Crippen molar-refractivity contribution in [3.05, 3.63) is 24.3 Å². The molecule has 0 aliphatic carbocycles. The number of rotatable bonds is 5. The van der Waals surface area contributed by atoms with E-state index in [4.69, 9.17) is 0 Å². The van der Waals surface area contributed by atoms with Gasteiger partial charge < -0.3 is 5.32 Å². The van der Waals surface area contributed by atoms with Crippen LogP contribution in [-0.2, 0) is 21.4 Å². The highest BCUT2D eigenvalue weighted by atomic mass is 32.2. The van der Waals surface area contributed by atoms with Gasteiger partial charge in [0.25, 0.3) is 10.0 Å². The lowest BCUT2D eigenvalue weighted by atomic mass is 10.5. The van der Waals surface area contributed by atoms with E-state index in [0.717, 1.165) is 0 Å². The lowest BCUT2D eigenvalue weighted by molar-refractivity contribution is -0.121. The summed E-state index contributed by atoms with van der Waals surface area (Å²) in [4.78, 5) is 11.3. The summed E-state index contributed by atoms with van der Waals surface area (Å²) in [6.45, 7) is 1.62. The van der Waals surface area contributed by atoms with Crippen molar-refractivity contribution in [2.75, 3.05) is 11.8 Å². The summed E-state index contributed by atoms with van der Waals surface area (Å²) in [6, 6.07) is 0. The Morgan fingerprint density at radius 2 is 2.20 bits per heavy atom. The first-order valence-electron chi connectivity index (χ1n) is 5.68. The molecule has 0 spiro atoms. The number of anilines is 1. The smallest absolute Gasteiger partial charge is 0.265 e. The lowest BCUT2D eigenvalue weighted by Gasteiger charge is -2.04. The van der Waals surface area contributed by atoms with Crippen molar-refractivity contribution in [1.82, 2.24) is 25.3 Å². The minimum atomic E-state index is -3.72. The van der Waals surface area contributed by atoms with Gasteiger partial charge in [0.1, 0.15) is 11.4 Å². The van der Waals surface area contributed by atoms with Crippen molar-refractivity contribution in [3.8, 4) is 0 Å². The van der Waals surface area contributed by atoms with Gasteiger partial charge in [0.2, 0.25) is 5.91 Å². The Hall–Kier alpha value is -2.36. The Morgan fingerprint density at radius 1 is 1.45 bits per heavy atom. The van der Waals surface area contributed by atoms with E-state index in [2.05, 4.69) is 25.3 Å². The van der Waals surface area contributed by atoms with Crippen molar-refractivity contribution in [3.63, 3.8) is 0 Å². The molecule has 0 atom stereocenters. The third kappa shape index (κ3) is 2.96. The largest absolute Gasteiger partial charge is 0.358 e. The summed E-state index contributed by atoms with van der Waals surface area (Å²) < 4.78 is 27.9. The van der Waals surface area contributed by atoms with Crippen LogP contribution < -0.4 is 10.0 Å². The number of aromatic amines is 1. The maximum atomic E-state index is 12.1. The molecule has 2 aromatic rings. The van der Waals surface area contributed by atoms with Gasteiger partial charge in [0.05, 0.1) is 23.8 Å². The van der Waals surface area contributed by atoms with Crippen molar-refractivity contribution >= 4 is 21.6 Å². The van der Waals surface area contributed by atoms with E-state index >= 15 is 0 Å². The molecule has 2 aromatic heterocycles. The molecular formula is C10H14N6O3S. The topological polar surface area (TPSA) is 122 Å². The van der Waals surface area contributed by atoms with Gasteiger partial charge in [-0.1, -0.05) is 0 Å². The number of nitrogens with zero attached hydrogens (tertiary/aromatic N) is 3. The normalized spacial score (nSPS) is 11.3. The summed E-state index contributed by atoms with van der Waals surface area (Å²) in [6.07, 6.45) is 3.99. The van der Waals surface area contributed by atoms with Crippen molar-refractivity contribution in [2.45, 2.75) is 18.4 Å². The second-order valence-electron chi connectivity index (χ2n) is 4.06. The molecule has 0 bridgehead atoms. The van der Waals surface area contributed by atoms with Crippen molar-refractivity contribution < 1.29 is 13.2 Å². The van der Waals surface area contributed by atoms with Crippen LogP contribution in [0.4, 0.5) is 5.69 Å². The Labute approximate surface area is 115 Å². The molecule has 2 heterocycles. The number of sulfonamides is 1. The molecular weight excluding hydrogens is 284 g/mol. The van der Waals surface area contributed by atoms with Crippen molar-refractivity contribution in [1.29, 1.82) is 0 Å². The van der Waals surface area contributed by atoms with Crippen LogP contribution in [0.3, 0.4) is 0 Å². The number of aryl methyl sites for hydroxylation is 1. The van der Waals surface area contributed by atoms with Gasteiger partial charge in [-0.2, -0.15) is 10.2 Å². The Kier molecular flexibility index (Phi) is 3.74. The molecule has 20 heavy (non-hydrogen) atoms. The fourth-order valence-corrected chi connectivity index (χ4v) is 2.72.